The van der Waals surface area contributed by atoms with E-state index in [1.54, 1.807) is 36.2 Å². The van der Waals surface area contributed by atoms with Crippen LogP contribution >= 0.6 is 11.8 Å². The number of thioether (sulfide) groups is 1. The lowest BCUT2D eigenvalue weighted by molar-refractivity contribution is -0.116. The van der Waals surface area contributed by atoms with Crippen molar-refractivity contribution >= 4 is 23.7 Å². The molecule has 0 aromatic carbocycles. The molecule has 2 aromatic heterocycles. The molecule has 1 amide bonds. The van der Waals surface area contributed by atoms with Gasteiger partial charge >= 0.3 is 0 Å². The van der Waals surface area contributed by atoms with Gasteiger partial charge in [0, 0.05) is 25.6 Å². The summed E-state index contributed by atoms with van der Waals surface area (Å²) in [5.41, 5.74) is 0. The topological polar surface area (TPSA) is 73.0 Å². The van der Waals surface area contributed by atoms with Crippen molar-refractivity contribution in [1.82, 2.24) is 20.1 Å². The SMILES string of the molecule is CSc1nnc(CCCNC(=O)/C=C/c2ccco2)n1CC(C)C. The largest absolute Gasteiger partial charge is 0.465 e. The van der Waals surface area contributed by atoms with Crippen molar-refractivity contribution in [2.75, 3.05) is 12.8 Å². The summed E-state index contributed by atoms with van der Waals surface area (Å²) >= 11 is 1.61. The molecule has 6 nitrogen and oxygen atoms in total. The van der Waals surface area contributed by atoms with Crippen LogP contribution in [0.15, 0.2) is 34.0 Å². The molecule has 1 N–H and O–H groups in total. The fourth-order valence-corrected chi connectivity index (χ4v) is 2.79. The fraction of sp³-hybridized carbons (Fsp3) is 0.471. The number of amides is 1. The van der Waals surface area contributed by atoms with E-state index < -0.39 is 0 Å². The van der Waals surface area contributed by atoms with Crippen molar-refractivity contribution in [3.05, 3.63) is 36.1 Å². The van der Waals surface area contributed by atoms with E-state index in [0.717, 1.165) is 30.4 Å². The van der Waals surface area contributed by atoms with Gasteiger partial charge in [-0.05, 0) is 36.8 Å². The molecule has 130 valence electrons. The third-order valence-corrected chi connectivity index (χ3v) is 4.01. The number of rotatable bonds is 9. The highest BCUT2D eigenvalue weighted by atomic mass is 32.2. The summed E-state index contributed by atoms with van der Waals surface area (Å²) in [5.74, 6) is 2.06. The van der Waals surface area contributed by atoms with Gasteiger partial charge in [-0.25, -0.2) is 0 Å². The lowest BCUT2D eigenvalue weighted by Crippen LogP contribution is -2.23. The zero-order chi connectivity index (χ0) is 17.4. The van der Waals surface area contributed by atoms with Gasteiger partial charge in [0.2, 0.25) is 5.91 Å². The molecule has 0 unspecified atom stereocenters. The van der Waals surface area contributed by atoms with Gasteiger partial charge in [-0.2, -0.15) is 0 Å². The Kier molecular flexibility index (Phi) is 7.11. The molecular formula is C17H24N4O2S. The smallest absolute Gasteiger partial charge is 0.244 e. The number of hydrogen-bond acceptors (Lipinski definition) is 5. The Labute approximate surface area is 146 Å². The summed E-state index contributed by atoms with van der Waals surface area (Å²) in [6, 6.07) is 3.59. The number of aryl methyl sites for hydroxylation is 1. The lowest BCUT2D eigenvalue weighted by atomic mass is 10.2. The zero-order valence-electron chi connectivity index (χ0n) is 14.4. The second-order valence-corrected chi connectivity index (χ2v) is 6.62. The first kappa shape index (κ1) is 18.3. The maximum Gasteiger partial charge on any atom is 0.244 e. The van der Waals surface area contributed by atoms with E-state index in [9.17, 15) is 4.79 Å². The van der Waals surface area contributed by atoms with Crippen LogP contribution in [0.25, 0.3) is 6.08 Å². The second kappa shape index (κ2) is 9.32. The van der Waals surface area contributed by atoms with Gasteiger partial charge in [0.25, 0.3) is 0 Å². The van der Waals surface area contributed by atoms with Crippen LogP contribution < -0.4 is 5.32 Å². The molecule has 0 saturated carbocycles. The van der Waals surface area contributed by atoms with Gasteiger partial charge < -0.3 is 14.3 Å². The van der Waals surface area contributed by atoms with Crippen LogP contribution in [0.2, 0.25) is 0 Å². The molecule has 0 spiro atoms. The molecule has 0 radical (unpaired) electrons. The number of furan rings is 1. The highest BCUT2D eigenvalue weighted by molar-refractivity contribution is 7.98. The predicted molar refractivity (Wildman–Crippen MR) is 95.7 cm³/mol. The second-order valence-electron chi connectivity index (χ2n) is 5.85. The molecule has 0 aliphatic rings. The Morgan fingerprint density at radius 2 is 2.29 bits per heavy atom. The molecule has 2 aromatic rings. The molecule has 2 rings (SSSR count). The first-order valence-corrected chi connectivity index (χ1v) is 9.28. The van der Waals surface area contributed by atoms with Crippen LogP contribution in [0, 0.1) is 5.92 Å². The maximum atomic E-state index is 11.7. The summed E-state index contributed by atoms with van der Waals surface area (Å²) in [5, 5.41) is 12.3. The van der Waals surface area contributed by atoms with Crippen LogP contribution in [0.1, 0.15) is 31.9 Å². The van der Waals surface area contributed by atoms with Gasteiger partial charge in [0.05, 0.1) is 6.26 Å². The fourth-order valence-electron chi connectivity index (χ4n) is 2.26. The van der Waals surface area contributed by atoms with Gasteiger partial charge in [-0.15, -0.1) is 10.2 Å². The van der Waals surface area contributed by atoms with Crippen molar-refractivity contribution in [3.63, 3.8) is 0 Å². The van der Waals surface area contributed by atoms with Crippen LogP contribution in [0.3, 0.4) is 0 Å². The van der Waals surface area contributed by atoms with E-state index in [4.69, 9.17) is 4.42 Å². The monoisotopic (exact) mass is 348 g/mol. The normalized spacial score (nSPS) is 11.5. The van der Waals surface area contributed by atoms with E-state index >= 15 is 0 Å². The highest BCUT2D eigenvalue weighted by Crippen LogP contribution is 2.16. The third-order valence-electron chi connectivity index (χ3n) is 3.34. The molecule has 0 aliphatic heterocycles. The van der Waals surface area contributed by atoms with Crippen molar-refractivity contribution in [2.45, 2.75) is 38.4 Å². The quantitative estimate of drug-likeness (QED) is 0.428. The maximum absolute atomic E-state index is 11.7. The first-order valence-electron chi connectivity index (χ1n) is 8.05. The Hall–Kier alpha value is -2.02. The Morgan fingerprint density at radius 1 is 1.46 bits per heavy atom. The van der Waals surface area contributed by atoms with Crippen LogP contribution in [0.5, 0.6) is 0 Å². The Balaban J connectivity index is 1.78. The molecule has 0 aliphatic carbocycles. The number of carbonyl (C=O) groups excluding carboxylic acids is 1. The van der Waals surface area contributed by atoms with E-state index in [0.29, 0.717) is 18.2 Å². The first-order chi connectivity index (χ1) is 11.6. The van der Waals surface area contributed by atoms with Gasteiger partial charge in [0.15, 0.2) is 5.16 Å². The molecule has 0 bridgehead atoms. The minimum Gasteiger partial charge on any atom is -0.465 e. The predicted octanol–water partition coefficient (Wildman–Crippen LogP) is 3.01. The zero-order valence-corrected chi connectivity index (χ0v) is 15.2. The molecule has 24 heavy (non-hydrogen) atoms. The molecule has 0 fully saturated rings. The van der Waals surface area contributed by atoms with E-state index in [1.165, 1.54) is 6.08 Å². The number of aromatic nitrogens is 3. The number of nitrogens with zero attached hydrogens (tertiary/aromatic N) is 3. The van der Waals surface area contributed by atoms with Gasteiger partial charge in [-0.3, -0.25) is 4.79 Å². The number of nitrogens with one attached hydrogen (secondary N) is 1. The van der Waals surface area contributed by atoms with Crippen molar-refractivity contribution in [3.8, 4) is 0 Å². The minimum absolute atomic E-state index is 0.125. The average molecular weight is 348 g/mol. The van der Waals surface area contributed by atoms with Crippen LogP contribution in [0.4, 0.5) is 0 Å². The lowest BCUT2D eigenvalue weighted by Gasteiger charge is -2.11. The standard InChI is InChI=1S/C17H24N4O2S/c1-13(2)12-21-15(19-20-17(21)24-3)7-4-10-18-16(22)9-8-14-6-5-11-23-14/h5-6,8-9,11,13H,4,7,10,12H2,1-3H3,(H,18,22)/b9-8+. The van der Waals surface area contributed by atoms with E-state index in [-0.39, 0.29) is 5.91 Å². The Morgan fingerprint density at radius 3 is 2.96 bits per heavy atom. The summed E-state index contributed by atoms with van der Waals surface area (Å²) in [6.07, 6.45) is 8.34. The van der Waals surface area contributed by atoms with Crippen molar-refractivity contribution in [2.24, 2.45) is 5.92 Å². The van der Waals surface area contributed by atoms with Crippen molar-refractivity contribution in [1.29, 1.82) is 0 Å². The Bertz CT molecular complexity index is 662. The molecule has 2 heterocycles. The molecule has 7 heteroatoms. The highest BCUT2D eigenvalue weighted by Gasteiger charge is 2.12. The number of hydrogen-bond donors (Lipinski definition) is 1. The van der Waals surface area contributed by atoms with E-state index in [1.807, 2.05) is 6.26 Å². The van der Waals surface area contributed by atoms with Gasteiger partial charge in [-0.1, -0.05) is 25.6 Å². The van der Waals surface area contributed by atoms with Crippen LogP contribution in [-0.4, -0.2) is 33.5 Å². The third kappa shape index (κ3) is 5.56. The summed E-state index contributed by atoms with van der Waals surface area (Å²) in [4.78, 5) is 11.7. The van der Waals surface area contributed by atoms with Crippen LogP contribution in [-0.2, 0) is 17.8 Å². The van der Waals surface area contributed by atoms with E-state index in [2.05, 4.69) is 33.9 Å². The van der Waals surface area contributed by atoms with Gasteiger partial charge in [0.1, 0.15) is 11.6 Å². The minimum atomic E-state index is -0.125. The summed E-state index contributed by atoms with van der Waals surface area (Å²) < 4.78 is 7.31. The molecular weight excluding hydrogens is 324 g/mol. The summed E-state index contributed by atoms with van der Waals surface area (Å²) in [7, 11) is 0. The summed E-state index contributed by atoms with van der Waals surface area (Å²) in [6.45, 7) is 5.88. The molecule has 0 saturated heterocycles. The molecule has 0 atom stereocenters. The van der Waals surface area contributed by atoms with Crippen molar-refractivity contribution < 1.29 is 9.21 Å². The average Bonchev–Trinajstić information content (AvgIpc) is 3.19. The number of carbonyl (C=O) groups is 1.